The SMILES string of the molecule is COCC(=C=C(O)c1ccccc1)/C(=C\C(=O)c1ccccc1)COC. The van der Waals surface area contributed by atoms with Crippen molar-refractivity contribution in [2.45, 2.75) is 0 Å². The second-order valence-corrected chi connectivity index (χ2v) is 5.58. The highest BCUT2D eigenvalue weighted by molar-refractivity contribution is 6.05. The van der Waals surface area contributed by atoms with Gasteiger partial charge in [-0.15, -0.1) is 0 Å². The van der Waals surface area contributed by atoms with Crippen LogP contribution < -0.4 is 0 Å². The van der Waals surface area contributed by atoms with Gasteiger partial charge in [0.25, 0.3) is 0 Å². The number of hydrogen-bond donors (Lipinski definition) is 1. The molecule has 0 radical (unpaired) electrons. The lowest BCUT2D eigenvalue weighted by molar-refractivity contribution is 0.104. The third kappa shape index (κ3) is 5.57. The molecule has 0 heterocycles. The second-order valence-electron chi connectivity index (χ2n) is 5.58. The molecule has 0 aliphatic heterocycles. The smallest absolute Gasteiger partial charge is 0.186 e. The number of carbonyl (C=O) groups is 1. The molecule has 0 spiro atoms. The van der Waals surface area contributed by atoms with E-state index in [2.05, 4.69) is 5.73 Å². The van der Waals surface area contributed by atoms with Crippen LogP contribution in [0.15, 0.2) is 83.6 Å². The van der Waals surface area contributed by atoms with Gasteiger partial charge in [0, 0.05) is 30.9 Å². The van der Waals surface area contributed by atoms with Crippen LogP contribution in [-0.4, -0.2) is 38.3 Å². The molecule has 0 aromatic heterocycles. The van der Waals surface area contributed by atoms with E-state index in [0.29, 0.717) is 22.3 Å². The first-order chi connectivity index (χ1) is 12.7. The molecule has 134 valence electrons. The van der Waals surface area contributed by atoms with Crippen LogP contribution in [0.5, 0.6) is 0 Å². The fraction of sp³-hybridized carbons (Fsp3) is 0.182. The van der Waals surface area contributed by atoms with Crippen LogP contribution in [0.25, 0.3) is 5.76 Å². The lowest BCUT2D eigenvalue weighted by Crippen LogP contribution is -2.07. The number of aliphatic hydroxyl groups excluding tert-OH is 1. The molecule has 2 aromatic carbocycles. The molecule has 0 saturated heterocycles. The van der Waals surface area contributed by atoms with Gasteiger partial charge in [-0.25, -0.2) is 0 Å². The predicted octanol–water partition coefficient (Wildman–Crippen LogP) is 4.21. The summed E-state index contributed by atoms with van der Waals surface area (Å²) < 4.78 is 10.5. The first kappa shape index (κ1) is 19.4. The van der Waals surface area contributed by atoms with Gasteiger partial charge in [-0.2, -0.15) is 0 Å². The van der Waals surface area contributed by atoms with Gasteiger partial charge in [-0.3, -0.25) is 4.79 Å². The Morgan fingerprint density at radius 1 is 0.923 bits per heavy atom. The van der Waals surface area contributed by atoms with Gasteiger partial charge in [0.15, 0.2) is 11.5 Å². The third-order valence-electron chi connectivity index (χ3n) is 3.66. The van der Waals surface area contributed by atoms with Crippen molar-refractivity contribution >= 4 is 11.5 Å². The molecule has 4 nitrogen and oxygen atoms in total. The van der Waals surface area contributed by atoms with Crippen molar-refractivity contribution in [2.75, 3.05) is 27.4 Å². The topological polar surface area (TPSA) is 55.8 Å². The minimum Gasteiger partial charge on any atom is -0.501 e. The highest BCUT2D eigenvalue weighted by atomic mass is 16.5. The summed E-state index contributed by atoms with van der Waals surface area (Å²) in [5.74, 6) is -0.168. The fourth-order valence-corrected chi connectivity index (χ4v) is 2.38. The summed E-state index contributed by atoms with van der Waals surface area (Å²) in [6, 6.07) is 18.1. The largest absolute Gasteiger partial charge is 0.501 e. The monoisotopic (exact) mass is 350 g/mol. The van der Waals surface area contributed by atoms with Gasteiger partial charge in [0.05, 0.1) is 13.2 Å². The zero-order valence-corrected chi connectivity index (χ0v) is 14.9. The van der Waals surface area contributed by atoms with E-state index in [1.807, 2.05) is 36.4 Å². The van der Waals surface area contributed by atoms with E-state index in [9.17, 15) is 9.90 Å². The quantitative estimate of drug-likeness (QED) is 0.255. The van der Waals surface area contributed by atoms with Gasteiger partial charge < -0.3 is 14.6 Å². The van der Waals surface area contributed by atoms with Gasteiger partial charge in [0.2, 0.25) is 0 Å². The zero-order valence-electron chi connectivity index (χ0n) is 14.9. The van der Waals surface area contributed by atoms with Crippen molar-refractivity contribution in [1.29, 1.82) is 0 Å². The highest BCUT2D eigenvalue weighted by Gasteiger charge is 2.10. The number of aliphatic hydroxyl groups is 1. The van der Waals surface area contributed by atoms with Crippen molar-refractivity contribution < 1.29 is 19.4 Å². The van der Waals surface area contributed by atoms with E-state index in [-0.39, 0.29) is 24.8 Å². The Kier molecular flexibility index (Phi) is 7.59. The van der Waals surface area contributed by atoms with E-state index in [0.717, 1.165) is 0 Å². The Morgan fingerprint density at radius 2 is 1.46 bits per heavy atom. The first-order valence-electron chi connectivity index (χ1n) is 8.18. The number of hydrogen-bond acceptors (Lipinski definition) is 4. The molecule has 0 unspecified atom stereocenters. The molecule has 0 atom stereocenters. The summed E-state index contributed by atoms with van der Waals surface area (Å²) >= 11 is 0. The maximum atomic E-state index is 12.5. The molecule has 0 fully saturated rings. The van der Waals surface area contributed by atoms with Crippen molar-refractivity contribution in [3.05, 3.63) is 94.7 Å². The Morgan fingerprint density at radius 3 is 2.00 bits per heavy atom. The number of ether oxygens (including phenoxy) is 2. The van der Waals surface area contributed by atoms with E-state index in [1.165, 1.54) is 6.08 Å². The van der Waals surface area contributed by atoms with Crippen molar-refractivity contribution in [1.82, 2.24) is 0 Å². The average Bonchev–Trinajstić information content (AvgIpc) is 2.68. The van der Waals surface area contributed by atoms with Crippen LogP contribution in [0.1, 0.15) is 15.9 Å². The molecule has 2 rings (SSSR count). The number of methoxy groups -OCH3 is 2. The average molecular weight is 350 g/mol. The highest BCUT2D eigenvalue weighted by Crippen LogP contribution is 2.16. The van der Waals surface area contributed by atoms with Crippen molar-refractivity contribution in [3.8, 4) is 0 Å². The number of ketones is 1. The van der Waals surface area contributed by atoms with Crippen LogP contribution in [0.2, 0.25) is 0 Å². The van der Waals surface area contributed by atoms with E-state index in [1.54, 1.807) is 38.5 Å². The minimum atomic E-state index is -0.146. The molecule has 0 bridgehead atoms. The van der Waals surface area contributed by atoms with E-state index in [4.69, 9.17) is 9.47 Å². The van der Waals surface area contributed by atoms with Crippen molar-refractivity contribution in [3.63, 3.8) is 0 Å². The number of benzene rings is 2. The number of rotatable bonds is 8. The van der Waals surface area contributed by atoms with Crippen LogP contribution in [0.4, 0.5) is 0 Å². The van der Waals surface area contributed by atoms with Crippen LogP contribution in [0, 0.1) is 0 Å². The van der Waals surface area contributed by atoms with Crippen LogP contribution >= 0.6 is 0 Å². The van der Waals surface area contributed by atoms with Gasteiger partial charge in [-0.1, -0.05) is 66.4 Å². The van der Waals surface area contributed by atoms with Gasteiger partial charge in [-0.05, 0) is 11.6 Å². The molecule has 1 N–H and O–H groups in total. The summed E-state index contributed by atoms with van der Waals surface area (Å²) in [6.45, 7) is 0.389. The molecular weight excluding hydrogens is 328 g/mol. The van der Waals surface area contributed by atoms with E-state index >= 15 is 0 Å². The second kappa shape index (κ2) is 10.2. The summed E-state index contributed by atoms with van der Waals surface area (Å²) in [5, 5.41) is 10.4. The minimum absolute atomic E-state index is 0.0215. The fourth-order valence-electron chi connectivity index (χ4n) is 2.38. The van der Waals surface area contributed by atoms with Crippen LogP contribution in [-0.2, 0) is 9.47 Å². The zero-order chi connectivity index (χ0) is 18.8. The Hall–Kier alpha value is -2.91. The Bertz CT molecular complexity index is 814. The summed E-state index contributed by atoms with van der Waals surface area (Å²) in [5.41, 5.74) is 5.31. The maximum Gasteiger partial charge on any atom is 0.186 e. The molecule has 0 saturated carbocycles. The molecule has 26 heavy (non-hydrogen) atoms. The Balaban J connectivity index is 2.47. The Labute approximate surface area is 153 Å². The number of allylic oxidation sites excluding steroid dienone is 1. The lowest BCUT2D eigenvalue weighted by Gasteiger charge is -2.09. The third-order valence-corrected chi connectivity index (χ3v) is 3.66. The van der Waals surface area contributed by atoms with Gasteiger partial charge in [0.1, 0.15) is 0 Å². The normalized spacial score (nSPS) is 10.9. The summed E-state index contributed by atoms with van der Waals surface area (Å²) in [4.78, 5) is 12.5. The molecular formula is C22H22O4. The molecule has 0 aliphatic carbocycles. The van der Waals surface area contributed by atoms with Gasteiger partial charge >= 0.3 is 0 Å². The lowest BCUT2D eigenvalue weighted by atomic mass is 10.0. The first-order valence-corrected chi connectivity index (χ1v) is 8.18. The molecule has 4 heteroatoms. The number of carbonyl (C=O) groups excluding carboxylic acids is 1. The summed E-state index contributed by atoms with van der Waals surface area (Å²) in [7, 11) is 3.09. The molecule has 0 aliphatic rings. The standard InChI is InChI=1S/C22H22O4/c1-25-15-19(13-21(23)17-9-5-3-6-10-17)20(16-26-2)14-22(24)18-11-7-4-8-12-18/h3-13,24H,15-16H2,1-2H3/b19-13-. The van der Waals surface area contributed by atoms with Crippen molar-refractivity contribution in [2.24, 2.45) is 0 Å². The maximum absolute atomic E-state index is 12.5. The van der Waals surface area contributed by atoms with Crippen LogP contribution in [0.3, 0.4) is 0 Å². The molecule has 2 aromatic rings. The molecule has 0 amide bonds. The summed E-state index contributed by atoms with van der Waals surface area (Å²) in [6.07, 6.45) is 1.50. The van der Waals surface area contributed by atoms with E-state index < -0.39 is 0 Å². The predicted molar refractivity (Wildman–Crippen MR) is 102 cm³/mol.